The maximum absolute atomic E-state index is 11.7. The Hall–Kier alpha value is -1.36. The molecule has 0 amide bonds. The number of ether oxygens (including phenoxy) is 1. The lowest BCUT2D eigenvalue weighted by Gasteiger charge is -2.05. The van der Waals surface area contributed by atoms with E-state index in [-0.39, 0.29) is 16.3 Å². The maximum Gasteiger partial charge on any atom is 0.389 e. The molecule has 0 saturated heterocycles. The summed E-state index contributed by atoms with van der Waals surface area (Å²) in [5, 5.41) is 0.0184. The number of hydrogen-bond donors (Lipinski definition) is 1. The second kappa shape index (κ2) is 4.23. The van der Waals surface area contributed by atoms with Gasteiger partial charge in [0.25, 0.3) is 0 Å². The van der Waals surface area contributed by atoms with E-state index in [4.69, 9.17) is 17.3 Å². The zero-order valence-electron chi connectivity index (χ0n) is 6.84. The monoisotopic (exact) mass is 221 g/mol. The van der Waals surface area contributed by atoms with Gasteiger partial charge in [0, 0.05) is 5.69 Å². The van der Waals surface area contributed by atoms with E-state index in [0.29, 0.717) is 0 Å². The molecule has 0 aliphatic heterocycles. The second-order valence-electron chi connectivity index (χ2n) is 2.41. The lowest BCUT2D eigenvalue weighted by molar-refractivity contribution is -0.0906. The predicted molar refractivity (Wildman–Crippen MR) is 47.3 cm³/mol. The van der Waals surface area contributed by atoms with Crippen molar-refractivity contribution in [2.24, 2.45) is 0 Å². The van der Waals surface area contributed by atoms with Crippen molar-refractivity contribution >= 4 is 23.3 Å². The average molecular weight is 222 g/mol. The standard InChI is InChI=1S/C8H6ClF2NO2/c9-6-2-1-4(12)3-5(6)7(13)14-8(10)11/h1-3,8H,12H2. The maximum atomic E-state index is 11.7. The molecule has 0 aliphatic rings. The second-order valence-corrected chi connectivity index (χ2v) is 2.81. The first-order chi connectivity index (χ1) is 6.50. The average Bonchev–Trinajstić information content (AvgIpc) is 2.08. The third-order valence-electron chi connectivity index (χ3n) is 1.41. The molecule has 0 saturated carbocycles. The van der Waals surface area contributed by atoms with Gasteiger partial charge < -0.3 is 10.5 Å². The number of rotatable bonds is 2. The molecule has 0 bridgehead atoms. The highest BCUT2D eigenvalue weighted by Crippen LogP contribution is 2.20. The van der Waals surface area contributed by atoms with Gasteiger partial charge in [-0.15, -0.1) is 0 Å². The molecule has 0 atom stereocenters. The molecule has 0 heterocycles. The van der Waals surface area contributed by atoms with Gasteiger partial charge in [0.2, 0.25) is 0 Å². The number of nitrogens with two attached hydrogens (primary N) is 1. The molecular weight excluding hydrogens is 216 g/mol. The van der Waals surface area contributed by atoms with Gasteiger partial charge in [0.05, 0.1) is 10.6 Å². The minimum absolute atomic E-state index is 0.0184. The fourth-order valence-electron chi connectivity index (χ4n) is 0.844. The van der Waals surface area contributed by atoms with Crippen LogP contribution < -0.4 is 5.73 Å². The van der Waals surface area contributed by atoms with Crippen LogP contribution in [0.4, 0.5) is 14.5 Å². The number of alkyl halides is 2. The molecule has 0 fully saturated rings. The van der Waals surface area contributed by atoms with Crippen molar-refractivity contribution < 1.29 is 18.3 Å². The van der Waals surface area contributed by atoms with E-state index in [1.54, 1.807) is 0 Å². The normalized spacial score (nSPS) is 10.3. The summed E-state index contributed by atoms with van der Waals surface area (Å²) in [5.74, 6) is -1.20. The van der Waals surface area contributed by atoms with Crippen molar-refractivity contribution in [1.29, 1.82) is 0 Å². The highest BCUT2D eigenvalue weighted by atomic mass is 35.5. The molecule has 6 heteroatoms. The molecule has 0 spiro atoms. The van der Waals surface area contributed by atoms with Crippen LogP contribution in [0.3, 0.4) is 0 Å². The van der Waals surface area contributed by atoms with Gasteiger partial charge in [-0.25, -0.2) is 4.79 Å². The van der Waals surface area contributed by atoms with Crippen molar-refractivity contribution in [3.8, 4) is 0 Å². The fraction of sp³-hybridized carbons (Fsp3) is 0.125. The molecule has 1 aromatic carbocycles. The van der Waals surface area contributed by atoms with Crippen LogP contribution in [-0.2, 0) is 4.74 Å². The van der Waals surface area contributed by atoms with Gasteiger partial charge in [-0.2, -0.15) is 8.78 Å². The third kappa shape index (κ3) is 2.56. The van der Waals surface area contributed by atoms with E-state index < -0.39 is 12.6 Å². The van der Waals surface area contributed by atoms with Crippen LogP contribution in [0.2, 0.25) is 5.02 Å². The summed E-state index contributed by atoms with van der Waals surface area (Å²) in [6.07, 6.45) is 0. The Balaban J connectivity index is 2.94. The number of carbonyl (C=O) groups excluding carboxylic acids is 1. The van der Waals surface area contributed by atoms with Crippen molar-refractivity contribution in [2.45, 2.75) is 6.61 Å². The Morgan fingerprint density at radius 1 is 1.50 bits per heavy atom. The number of carbonyl (C=O) groups is 1. The molecule has 0 radical (unpaired) electrons. The Kier molecular flexibility index (Phi) is 3.24. The zero-order valence-corrected chi connectivity index (χ0v) is 7.59. The van der Waals surface area contributed by atoms with Gasteiger partial charge >= 0.3 is 12.6 Å². The highest BCUT2D eigenvalue weighted by Gasteiger charge is 2.16. The predicted octanol–water partition coefficient (Wildman–Crippen LogP) is 2.30. The van der Waals surface area contributed by atoms with Gasteiger partial charge in [-0.05, 0) is 18.2 Å². The van der Waals surface area contributed by atoms with Crippen molar-refractivity contribution in [2.75, 3.05) is 5.73 Å². The number of halogens is 3. The Morgan fingerprint density at radius 3 is 2.71 bits per heavy atom. The molecule has 0 aliphatic carbocycles. The van der Waals surface area contributed by atoms with Crippen LogP contribution in [0.15, 0.2) is 18.2 Å². The molecule has 0 unspecified atom stereocenters. The number of anilines is 1. The molecule has 3 nitrogen and oxygen atoms in total. The Bertz CT molecular complexity index is 357. The van der Waals surface area contributed by atoms with Crippen LogP contribution >= 0.6 is 11.6 Å². The number of esters is 1. The molecule has 14 heavy (non-hydrogen) atoms. The fourth-order valence-corrected chi connectivity index (χ4v) is 1.04. The number of benzene rings is 1. The molecule has 76 valence electrons. The first-order valence-electron chi connectivity index (χ1n) is 3.55. The minimum Gasteiger partial charge on any atom is -0.399 e. The zero-order chi connectivity index (χ0) is 10.7. The van der Waals surface area contributed by atoms with Gasteiger partial charge in [-0.1, -0.05) is 11.6 Å². The van der Waals surface area contributed by atoms with E-state index in [2.05, 4.69) is 4.74 Å². The summed E-state index contributed by atoms with van der Waals surface area (Å²) < 4.78 is 27.0. The van der Waals surface area contributed by atoms with E-state index in [1.165, 1.54) is 18.2 Å². The van der Waals surface area contributed by atoms with E-state index in [9.17, 15) is 13.6 Å². The van der Waals surface area contributed by atoms with E-state index in [1.807, 2.05) is 0 Å². The van der Waals surface area contributed by atoms with E-state index in [0.717, 1.165) is 0 Å². The summed E-state index contributed by atoms with van der Waals surface area (Å²) >= 11 is 5.57. The van der Waals surface area contributed by atoms with Crippen LogP contribution in [0.25, 0.3) is 0 Å². The summed E-state index contributed by atoms with van der Waals surface area (Å²) in [6.45, 7) is -3.17. The van der Waals surface area contributed by atoms with E-state index >= 15 is 0 Å². The summed E-state index contributed by atoms with van der Waals surface area (Å²) in [6, 6.07) is 3.95. The Morgan fingerprint density at radius 2 is 2.14 bits per heavy atom. The first-order valence-corrected chi connectivity index (χ1v) is 3.92. The van der Waals surface area contributed by atoms with Gasteiger partial charge in [-0.3, -0.25) is 0 Å². The smallest absolute Gasteiger partial charge is 0.389 e. The SMILES string of the molecule is Nc1ccc(Cl)c(C(=O)OC(F)F)c1. The highest BCUT2D eigenvalue weighted by molar-refractivity contribution is 6.33. The third-order valence-corrected chi connectivity index (χ3v) is 1.74. The van der Waals surface area contributed by atoms with Crippen molar-refractivity contribution in [3.05, 3.63) is 28.8 Å². The number of nitrogen functional groups attached to an aromatic ring is 1. The molecular formula is C8H6ClF2NO2. The first kappa shape index (κ1) is 10.7. The summed E-state index contributed by atoms with van der Waals surface area (Å²) in [4.78, 5) is 11.0. The van der Waals surface area contributed by atoms with Crippen molar-refractivity contribution in [1.82, 2.24) is 0 Å². The van der Waals surface area contributed by atoms with Gasteiger partial charge in [0.15, 0.2) is 0 Å². The molecule has 0 aromatic heterocycles. The summed E-state index contributed by atoms with van der Waals surface area (Å²) in [7, 11) is 0. The number of hydrogen-bond acceptors (Lipinski definition) is 3. The molecule has 1 rings (SSSR count). The largest absolute Gasteiger partial charge is 0.399 e. The lowest BCUT2D eigenvalue weighted by Crippen LogP contribution is -2.10. The summed E-state index contributed by atoms with van der Waals surface area (Å²) in [5.41, 5.74) is 5.41. The van der Waals surface area contributed by atoms with Crippen molar-refractivity contribution in [3.63, 3.8) is 0 Å². The quantitative estimate of drug-likeness (QED) is 0.616. The van der Waals surface area contributed by atoms with Crippen LogP contribution in [-0.4, -0.2) is 12.6 Å². The van der Waals surface area contributed by atoms with Gasteiger partial charge in [0.1, 0.15) is 0 Å². The molecule has 2 N–H and O–H groups in total. The Labute approximate surface area is 83.4 Å². The van der Waals surface area contributed by atoms with Crippen LogP contribution in [0, 0.1) is 0 Å². The molecule has 1 aromatic rings. The van der Waals surface area contributed by atoms with Crippen LogP contribution in [0.1, 0.15) is 10.4 Å². The lowest BCUT2D eigenvalue weighted by atomic mass is 10.2. The minimum atomic E-state index is -3.17. The topological polar surface area (TPSA) is 52.3 Å². The van der Waals surface area contributed by atoms with Crippen LogP contribution in [0.5, 0.6) is 0 Å².